The van der Waals surface area contributed by atoms with Crippen molar-refractivity contribution in [2.75, 3.05) is 5.73 Å². The average molecular weight is 278 g/mol. The van der Waals surface area contributed by atoms with E-state index < -0.39 is 0 Å². The SMILES string of the molecule is Nc1nc2cc(F)ccc2n1-c1cccc2ncccc12. The quantitative estimate of drug-likeness (QED) is 0.581. The number of anilines is 1. The lowest BCUT2D eigenvalue weighted by atomic mass is 10.1. The molecule has 2 N–H and O–H groups in total. The Morgan fingerprint density at radius 1 is 1.00 bits per heavy atom. The van der Waals surface area contributed by atoms with Crippen LogP contribution in [0.5, 0.6) is 0 Å². The summed E-state index contributed by atoms with van der Waals surface area (Å²) in [6.07, 6.45) is 1.75. The van der Waals surface area contributed by atoms with E-state index in [9.17, 15) is 4.39 Å². The highest BCUT2D eigenvalue weighted by Gasteiger charge is 2.13. The Bertz CT molecular complexity index is 969. The minimum atomic E-state index is -0.327. The number of nitrogens with two attached hydrogens (primary N) is 1. The highest BCUT2D eigenvalue weighted by atomic mass is 19.1. The summed E-state index contributed by atoms with van der Waals surface area (Å²) < 4.78 is 15.2. The van der Waals surface area contributed by atoms with E-state index >= 15 is 0 Å². The standard InChI is InChI=1S/C16H11FN4/c17-10-6-7-15-13(9-10)20-16(18)21(15)14-5-1-4-12-11(14)3-2-8-19-12/h1-9H,(H2,18,20). The Kier molecular flexibility index (Phi) is 2.41. The topological polar surface area (TPSA) is 56.7 Å². The van der Waals surface area contributed by atoms with Crippen LogP contribution in [-0.2, 0) is 0 Å². The van der Waals surface area contributed by atoms with Crippen molar-refractivity contribution >= 4 is 27.9 Å². The molecule has 0 amide bonds. The number of imidazole rings is 1. The van der Waals surface area contributed by atoms with E-state index in [1.54, 1.807) is 12.3 Å². The maximum atomic E-state index is 13.3. The molecule has 0 saturated carbocycles. The molecular formula is C16H11FN4. The third-order valence-corrected chi connectivity index (χ3v) is 3.51. The van der Waals surface area contributed by atoms with Gasteiger partial charge in [0.05, 0.1) is 22.2 Å². The van der Waals surface area contributed by atoms with Gasteiger partial charge in [-0.1, -0.05) is 6.07 Å². The number of hydrogen-bond acceptors (Lipinski definition) is 3. The van der Waals surface area contributed by atoms with Gasteiger partial charge >= 0.3 is 0 Å². The third kappa shape index (κ3) is 1.74. The predicted octanol–water partition coefficient (Wildman–Crippen LogP) is 3.30. The molecule has 0 fully saturated rings. The van der Waals surface area contributed by atoms with Crippen molar-refractivity contribution in [3.8, 4) is 5.69 Å². The molecule has 0 saturated heterocycles. The molecule has 2 aromatic heterocycles. The number of halogens is 1. The molecule has 0 bridgehead atoms. The molecule has 102 valence electrons. The number of rotatable bonds is 1. The van der Waals surface area contributed by atoms with Crippen molar-refractivity contribution in [1.29, 1.82) is 0 Å². The van der Waals surface area contributed by atoms with Crippen LogP contribution in [0.25, 0.3) is 27.6 Å². The molecule has 2 heterocycles. The number of pyridine rings is 1. The van der Waals surface area contributed by atoms with Crippen LogP contribution in [0.15, 0.2) is 54.7 Å². The normalized spacial score (nSPS) is 11.3. The number of nitrogen functional groups attached to an aromatic ring is 1. The van der Waals surface area contributed by atoms with E-state index in [0.29, 0.717) is 11.5 Å². The molecule has 0 aliphatic heterocycles. The molecular weight excluding hydrogens is 267 g/mol. The Morgan fingerprint density at radius 3 is 2.81 bits per heavy atom. The lowest BCUT2D eigenvalue weighted by Gasteiger charge is -2.09. The van der Waals surface area contributed by atoms with Gasteiger partial charge in [-0.3, -0.25) is 9.55 Å². The fraction of sp³-hybridized carbons (Fsp3) is 0. The van der Waals surface area contributed by atoms with E-state index in [0.717, 1.165) is 22.1 Å². The lowest BCUT2D eigenvalue weighted by Crippen LogP contribution is -2.01. The zero-order chi connectivity index (χ0) is 14.4. The van der Waals surface area contributed by atoms with E-state index in [-0.39, 0.29) is 5.82 Å². The molecule has 0 spiro atoms. The van der Waals surface area contributed by atoms with Crippen molar-refractivity contribution in [2.45, 2.75) is 0 Å². The van der Waals surface area contributed by atoms with Gasteiger partial charge in [0.1, 0.15) is 5.82 Å². The van der Waals surface area contributed by atoms with Crippen LogP contribution in [0.3, 0.4) is 0 Å². The molecule has 0 atom stereocenters. The largest absolute Gasteiger partial charge is 0.369 e. The number of benzene rings is 2. The van der Waals surface area contributed by atoms with E-state index in [4.69, 9.17) is 5.73 Å². The van der Waals surface area contributed by atoms with Gasteiger partial charge < -0.3 is 5.73 Å². The van der Waals surface area contributed by atoms with Crippen LogP contribution in [0.4, 0.5) is 10.3 Å². The van der Waals surface area contributed by atoms with Crippen LogP contribution in [0.2, 0.25) is 0 Å². The number of hydrogen-bond donors (Lipinski definition) is 1. The molecule has 0 unspecified atom stereocenters. The molecule has 4 aromatic rings. The zero-order valence-electron chi connectivity index (χ0n) is 11.0. The highest BCUT2D eigenvalue weighted by Crippen LogP contribution is 2.28. The number of fused-ring (bicyclic) bond motifs is 2. The van der Waals surface area contributed by atoms with Crippen LogP contribution in [0.1, 0.15) is 0 Å². The third-order valence-electron chi connectivity index (χ3n) is 3.51. The number of aromatic nitrogens is 3. The minimum Gasteiger partial charge on any atom is -0.369 e. The van der Waals surface area contributed by atoms with E-state index in [1.165, 1.54) is 12.1 Å². The summed E-state index contributed by atoms with van der Waals surface area (Å²) in [6, 6.07) is 14.1. The summed E-state index contributed by atoms with van der Waals surface area (Å²) >= 11 is 0. The molecule has 0 aliphatic carbocycles. The first-order valence-corrected chi connectivity index (χ1v) is 6.51. The summed E-state index contributed by atoms with van der Waals surface area (Å²) in [6.45, 7) is 0. The monoisotopic (exact) mass is 278 g/mol. The summed E-state index contributed by atoms with van der Waals surface area (Å²) in [5, 5.41) is 0.968. The Balaban J connectivity index is 2.11. The summed E-state index contributed by atoms with van der Waals surface area (Å²) in [5.41, 5.74) is 9.09. The average Bonchev–Trinajstić information content (AvgIpc) is 2.81. The summed E-state index contributed by atoms with van der Waals surface area (Å²) in [5.74, 6) is -0.00121. The maximum Gasteiger partial charge on any atom is 0.205 e. The second-order valence-corrected chi connectivity index (χ2v) is 4.79. The molecule has 0 radical (unpaired) electrons. The van der Waals surface area contributed by atoms with Crippen LogP contribution >= 0.6 is 0 Å². The maximum absolute atomic E-state index is 13.3. The van der Waals surface area contributed by atoms with Gasteiger partial charge in [-0.05, 0) is 36.4 Å². The zero-order valence-corrected chi connectivity index (χ0v) is 11.0. The highest BCUT2D eigenvalue weighted by molar-refractivity contribution is 5.91. The fourth-order valence-corrected chi connectivity index (χ4v) is 2.61. The van der Waals surface area contributed by atoms with Crippen LogP contribution in [0, 0.1) is 5.82 Å². The van der Waals surface area contributed by atoms with Gasteiger partial charge in [0.15, 0.2) is 0 Å². The van der Waals surface area contributed by atoms with Crippen molar-refractivity contribution in [2.24, 2.45) is 0 Å². The van der Waals surface area contributed by atoms with Gasteiger partial charge in [0, 0.05) is 17.6 Å². The van der Waals surface area contributed by atoms with Gasteiger partial charge in [0.25, 0.3) is 0 Å². The summed E-state index contributed by atoms with van der Waals surface area (Å²) in [7, 11) is 0. The van der Waals surface area contributed by atoms with Crippen molar-refractivity contribution in [3.63, 3.8) is 0 Å². The predicted molar refractivity (Wildman–Crippen MR) is 80.7 cm³/mol. The van der Waals surface area contributed by atoms with Crippen molar-refractivity contribution in [3.05, 3.63) is 60.5 Å². The van der Waals surface area contributed by atoms with Gasteiger partial charge in [-0.25, -0.2) is 9.37 Å². The van der Waals surface area contributed by atoms with E-state index in [1.807, 2.05) is 34.9 Å². The Hall–Kier alpha value is -2.95. The number of nitrogens with zero attached hydrogens (tertiary/aromatic N) is 3. The fourth-order valence-electron chi connectivity index (χ4n) is 2.61. The van der Waals surface area contributed by atoms with Crippen molar-refractivity contribution in [1.82, 2.24) is 14.5 Å². The van der Waals surface area contributed by atoms with Gasteiger partial charge in [-0.15, -0.1) is 0 Å². The lowest BCUT2D eigenvalue weighted by molar-refractivity contribution is 0.629. The molecule has 0 aliphatic rings. The molecule has 5 heteroatoms. The van der Waals surface area contributed by atoms with E-state index in [2.05, 4.69) is 9.97 Å². The van der Waals surface area contributed by atoms with Crippen LogP contribution in [-0.4, -0.2) is 14.5 Å². The second kappa shape index (κ2) is 4.28. The molecule has 4 rings (SSSR count). The Labute approximate surface area is 119 Å². The first-order chi connectivity index (χ1) is 10.2. The minimum absolute atomic E-state index is 0.326. The first kappa shape index (κ1) is 11.8. The summed E-state index contributed by atoms with van der Waals surface area (Å²) in [4.78, 5) is 8.58. The molecule has 21 heavy (non-hydrogen) atoms. The molecule has 2 aromatic carbocycles. The first-order valence-electron chi connectivity index (χ1n) is 6.51. The molecule has 4 nitrogen and oxygen atoms in total. The van der Waals surface area contributed by atoms with Crippen LogP contribution < -0.4 is 5.73 Å². The van der Waals surface area contributed by atoms with Gasteiger partial charge in [0.2, 0.25) is 5.95 Å². The van der Waals surface area contributed by atoms with Crippen molar-refractivity contribution < 1.29 is 4.39 Å². The Morgan fingerprint density at radius 2 is 1.90 bits per heavy atom. The second-order valence-electron chi connectivity index (χ2n) is 4.79. The smallest absolute Gasteiger partial charge is 0.205 e. The van der Waals surface area contributed by atoms with Gasteiger partial charge in [-0.2, -0.15) is 0 Å².